The van der Waals surface area contributed by atoms with E-state index in [0.717, 1.165) is 11.4 Å². The first-order valence-corrected chi connectivity index (χ1v) is 6.12. The fraction of sp³-hybridized carbons (Fsp3) is 0.214. The van der Waals surface area contributed by atoms with Gasteiger partial charge in [0.05, 0.1) is 25.0 Å². The highest BCUT2D eigenvalue weighted by Crippen LogP contribution is 2.28. The van der Waals surface area contributed by atoms with Crippen LogP contribution in [0.4, 0.5) is 5.69 Å². The summed E-state index contributed by atoms with van der Waals surface area (Å²) in [5, 5.41) is 5.97. The summed E-state index contributed by atoms with van der Waals surface area (Å²) >= 11 is 0. The molecule has 1 aromatic carbocycles. The molecular weight excluding hydrogens is 244 g/mol. The SMILES string of the molecule is O=C(NCc1ccco1)C1CNc2ccccc2O1. The molecule has 1 amide bonds. The lowest BCUT2D eigenvalue weighted by Gasteiger charge is -2.26. The van der Waals surface area contributed by atoms with Crippen molar-refractivity contribution >= 4 is 11.6 Å². The third-order valence-corrected chi connectivity index (χ3v) is 2.94. The van der Waals surface area contributed by atoms with Gasteiger partial charge in [-0.05, 0) is 24.3 Å². The minimum absolute atomic E-state index is 0.154. The number of hydrogen-bond acceptors (Lipinski definition) is 4. The smallest absolute Gasteiger partial charge is 0.263 e. The third-order valence-electron chi connectivity index (χ3n) is 2.94. The summed E-state index contributed by atoms with van der Waals surface area (Å²) in [6.07, 6.45) is 1.06. The largest absolute Gasteiger partial charge is 0.477 e. The molecule has 1 unspecified atom stereocenters. The minimum atomic E-state index is -0.523. The molecule has 0 bridgehead atoms. The maximum absolute atomic E-state index is 12.0. The molecule has 3 rings (SSSR count). The Morgan fingerprint density at radius 2 is 2.21 bits per heavy atom. The van der Waals surface area contributed by atoms with Crippen LogP contribution in [0.1, 0.15) is 5.76 Å². The molecule has 2 aromatic rings. The Morgan fingerprint density at radius 1 is 1.32 bits per heavy atom. The first-order chi connectivity index (χ1) is 9.33. The fourth-order valence-corrected chi connectivity index (χ4v) is 1.96. The molecule has 0 aliphatic carbocycles. The Hall–Kier alpha value is -2.43. The van der Waals surface area contributed by atoms with Gasteiger partial charge < -0.3 is 19.8 Å². The molecule has 1 aliphatic rings. The highest BCUT2D eigenvalue weighted by molar-refractivity contribution is 5.82. The second-order valence-corrected chi connectivity index (χ2v) is 4.28. The lowest BCUT2D eigenvalue weighted by Crippen LogP contribution is -2.44. The van der Waals surface area contributed by atoms with Crippen LogP contribution < -0.4 is 15.4 Å². The number of carbonyl (C=O) groups is 1. The van der Waals surface area contributed by atoms with Crippen LogP contribution in [0, 0.1) is 0 Å². The molecular formula is C14H14N2O3. The topological polar surface area (TPSA) is 63.5 Å². The standard InChI is InChI=1S/C14H14N2O3/c17-14(16-8-10-4-3-7-18-10)13-9-15-11-5-1-2-6-12(11)19-13/h1-7,13,15H,8-9H2,(H,16,17). The molecule has 0 saturated carbocycles. The van der Waals surface area contributed by atoms with Crippen molar-refractivity contribution in [3.63, 3.8) is 0 Å². The zero-order chi connectivity index (χ0) is 13.1. The summed E-state index contributed by atoms with van der Waals surface area (Å²) in [4.78, 5) is 12.0. The number of ether oxygens (including phenoxy) is 1. The van der Waals surface area contributed by atoms with Crippen LogP contribution in [-0.2, 0) is 11.3 Å². The number of furan rings is 1. The molecule has 0 fully saturated rings. The minimum Gasteiger partial charge on any atom is -0.477 e. The zero-order valence-corrected chi connectivity index (χ0v) is 10.3. The van der Waals surface area contributed by atoms with Crippen molar-refractivity contribution < 1.29 is 13.9 Å². The second kappa shape index (κ2) is 5.06. The van der Waals surface area contributed by atoms with Gasteiger partial charge in [-0.3, -0.25) is 4.79 Å². The Bertz CT molecular complexity index is 566. The Labute approximate surface area is 110 Å². The van der Waals surface area contributed by atoms with Crippen LogP contribution in [0.2, 0.25) is 0 Å². The van der Waals surface area contributed by atoms with E-state index < -0.39 is 6.10 Å². The number of amides is 1. The van der Waals surface area contributed by atoms with E-state index in [4.69, 9.17) is 9.15 Å². The van der Waals surface area contributed by atoms with E-state index in [1.807, 2.05) is 30.3 Å². The van der Waals surface area contributed by atoms with Crippen LogP contribution in [0.5, 0.6) is 5.75 Å². The lowest BCUT2D eigenvalue weighted by molar-refractivity contribution is -0.127. The van der Waals surface area contributed by atoms with E-state index in [2.05, 4.69) is 10.6 Å². The molecule has 0 radical (unpaired) electrons. The van der Waals surface area contributed by atoms with Crippen molar-refractivity contribution in [2.75, 3.05) is 11.9 Å². The summed E-state index contributed by atoms with van der Waals surface area (Å²) < 4.78 is 10.8. The van der Waals surface area contributed by atoms with Gasteiger partial charge in [-0.2, -0.15) is 0 Å². The third kappa shape index (κ3) is 2.54. The van der Waals surface area contributed by atoms with Gasteiger partial charge >= 0.3 is 0 Å². The average Bonchev–Trinajstić information content (AvgIpc) is 2.97. The number of nitrogens with one attached hydrogen (secondary N) is 2. The predicted octanol–water partition coefficient (Wildman–Crippen LogP) is 1.77. The Balaban J connectivity index is 1.60. The highest BCUT2D eigenvalue weighted by atomic mass is 16.5. The molecule has 1 aliphatic heterocycles. The van der Waals surface area contributed by atoms with Gasteiger partial charge in [0.2, 0.25) is 0 Å². The molecule has 98 valence electrons. The molecule has 0 saturated heterocycles. The van der Waals surface area contributed by atoms with E-state index in [1.165, 1.54) is 0 Å². The number of hydrogen-bond donors (Lipinski definition) is 2. The quantitative estimate of drug-likeness (QED) is 0.880. The molecule has 19 heavy (non-hydrogen) atoms. The Morgan fingerprint density at radius 3 is 3.05 bits per heavy atom. The fourth-order valence-electron chi connectivity index (χ4n) is 1.96. The molecule has 5 heteroatoms. The second-order valence-electron chi connectivity index (χ2n) is 4.28. The summed E-state index contributed by atoms with van der Waals surface area (Å²) in [5.41, 5.74) is 0.914. The number of fused-ring (bicyclic) bond motifs is 1. The van der Waals surface area contributed by atoms with Crippen molar-refractivity contribution in [3.8, 4) is 5.75 Å². The van der Waals surface area contributed by atoms with Gasteiger partial charge in [0.15, 0.2) is 6.10 Å². The number of benzene rings is 1. The first-order valence-electron chi connectivity index (χ1n) is 6.12. The molecule has 1 atom stereocenters. The Kier molecular flexibility index (Phi) is 3.10. The monoisotopic (exact) mass is 258 g/mol. The van der Waals surface area contributed by atoms with Gasteiger partial charge in [0.25, 0.3) is 5.91 Å². The van der Waals surface area contributed by atoms with Crippen molar-refractivity contribution in [2.24, 2.45) is 0 Å². The summed E-state index contributed by atoms with van der Waals surface area (Å²) in [5.74, 6) is 1.27. The van der Waals surface area contributed by atoms with Gasteiger partial charge in [-0.1, -0.05) is 12.1 Å². The normalized spacial score (nSPS) is 16.9. The van der Waals surface area contributed by atoms with Gasteiger partial charge in [-0.15, -0.1) is 0 Å². The molecule has 2 heterocycles. The van der Waals surface area contributed by atoms with Crippen LogP contribution >= 0.6 is 0 Å². The maximum atomic E-state index is 12.0. The zero-order valence-electron chi connectivity index (χ0n) is 10.3. The van der Waals surface area contributed by atoms with Gasteiger partial charge in [0.1, 0.15) is 11.5 Å². The molecule has 5 nitrogen and oxygen atoms in total. The first kappa shape index (κ1) is 11.6. The van der Waals surface area contributed by atoms with E-state index in [9.17, 15) is 4.79 Å². The number of rotatable bonds is 3. The molecule has 2 N–H and O–H groups in total. The maximum Gasteiger partial charge on any atom is 0.263 e. The van der Waals surface area contributed by atoms with E-state index in [-0.39, 0.29) is 5.91 Å². The van der Waals surface area contributed by atoms with Crippen LogP contribution in [0.3, 0.4) is 0 Å². The van der Waals surface area contributed by atoms with Crippen molar-refractivity contribution in [2.45, 2.75) is 12.6 Å². The average molecular weight is 258 g/mol. The van der Waals surface area contributed by atoms with Crippen molar-refractivity contribution in [1.82, 2.24) is 5.32 Å². The lowest BCUT2D eigenvalue weighted by atomic mass is 10.2. The highest BCUT2D eigenvalue weighted by Gasteiger charge is 2.25. The van der Waals surface area contributed by atoms with Crippen LogP contribution in [0.25, 0.3) is 0 Å². The summed E-state index contributed by atoms with van der Waals surface area (Å²) in [6, 6.07) is 11.2. The number of carbonyl (C=O) groups excluding carboxylic acids is 1. The van der Waals surface area contributed by atoms with E-state index in [1.54, 1.807) is 12.3 Å². The van der Waals surface area contributed by atoms with Crippen molar-refractivity contribution in [3.05, 3.63) is 48.4 Å². The predicted molar refractivity (Wildman–Crippen MR) is 69.9 cm³/mol. The van der Waals surface area contributed by atoms with Crippen LogP contribution in [-0.4, -0.2) is 18.6 Å². The number of anilines is 1. The number of para-hydroxylation sites is 2. The van der Waals surface area contributed by atoms with E-state index in [0.29, 0.717) is 18.8 Å². The summed E-state index contributed by atoms with van der Waals surface area (Å²) in [6.45, 7) is 0.828. The van der Waals surface area contributed by atoms with Gasteiger partial charge in [0, 0.05) is 0 Å². The molecule has 0 spiro atoms. The molecule has 1 aromatic heterocycles. The summed E-state index contributed by atoms with van der Waals surface area (Å²) in [7, 11) is 0. The van der Waals surface area contributed by atoms with E-state index >= 15 is 0 Å². The van der Waals surface area contributed by atoms with Gasteiger partial charge in [-0.25, -0.2) is 0 Å². The van der Waals surface area contributed by atoms with Crippen molar-refractivity contribution in [1.29, 1.82) is 0 Å². The van der Waals surface area contributed by atoms with Crippen LogP contribution in [0.15, 0.2) is 47.1 Å².